The zero-order valence-corrected chi connectivity index (χ0v) is 10.6. The third kappa shape index (κ3) is 2.65. The molecule has 0 bridgehead atoms. The highest BCUT2D eigenvalue weighted by Gasteiger charge is 2.30. The minimum absolute atomic E-state index is 0.535. The topological polar surface area (TPSA) is 38.9 Å². The van der Waals surface area contributed by atoms with Crippen LogP contribution in [0.2, 0.25) is 0 Å². The van der Waals surface area contributed by atoms with E-state index in [1.807, 2.05) is 0 Å². The Labute approximate surface area is 118 Å². The first-order chi connectivity index (χ1) is 10.1. The lowest BCUT2D eigenvalue weighted by molar-refractivity contribution is -0.137. The molecular formula is C15H9F3N2O. The van der Waals surface area contributed by atoms with Crippen molar-refractivity contribution in [1.29, 1.82) is 0 Å². The Morgan fingerprint density at radius 1 is 1.00 bits per heavy atom. The lowest BCUT2D eigenvalue weighted by atomic mass is 10.0. The Bertz CT molecular complexity index is 734. The van der Waals surface area contributed by atoms with E-state index < -0.39 is 11.7 Å². The van der Waals surface area contributed by atoms with Crippen LogP contribution < -0.4 is 0 Å². The van der Waals surface area contributed by atoms with Crippen molar-refractivity contribution in [2.75, 3.05) is 0 Å². The van der Waals surface area contributed by atoms with Crippen molar-refractivity contribution in [3.63, 3.8) is 0 Å². The molecule has 6 heteroatoms. The second-order valence-corrected chi connectivity index (χ2v) is 4.34. The maximum atomic E-state index is 12.6. The van der Waals surface area contributed by atoms with Gasteiger partial charge in [-0.2, -0.15) is 13.2 Å². The van der Waals surface area contributed by atoms with Crippen molar-refractivity contribution in [3.8, 4) is 22.6 Å². The number of aromatic nitrogens is 2. The van der Waals surface area contributed by atoms with Gasteiger partial charge in [-0.15, -0.1) is 0 Å². The molecule has 2 heterocycles. The van der Waals surface area contributed by atoms with E-state index in [9.17, 15) is 13.2 Å². The summed E-state index contributed by atoms with van der Waals surface area (Å²) < 4.78 is 43.0. The number of furan rings is 1. The highest BCUT2D eigenvalue weighted by Crippen LogP contribution is 2.33. The van der Waals surface area contributed by atoms with Crippen LogP contribution in [-0.2, 0) is 6.18 Å². The van der Waals surface area contributed by atoms with Crippen LogP contribution >= 0.6 is 0 Å². The van der Waals surface area contributed by atoms with Crippen molar-refractivity contribution < 1.29 is 17.6 Å². The zero-order valence-electron chi connectivity index (χ0n) is 10.6. The number of halogens is 3. The summed E-state index contributed by atoms with van der Waals surface area (Å²) in [6.45, 7) is 0. The van der Waals surface area contributed by atoms with Crippen LogP contribution in [0.1, 0.15) is 5.56 Å². The highest BCUT2D eigenvalue weighted by atomic mass is 19.4. The lowest BCUT2D eigenvalue weighted by Crippen LogP contribution is -2.04. The Morgan fingerprint density at radius 3 is 2.38 bits per heavy atom. The Morgan fingerprint density at radius 2 is 1.76 bits per heavy atom. The standard InChI is InChI=1S/C15H9F3N2O/c16-15(17,18)11-5-3-10(4-6-11)12-8-19-9-20-14(12)13-2-1-7-21-13/h1-9H. The average molecular weight is 290 g/mol. The van der Waals surface area contributed by atoms with Gasteiger partial charge in [-0.1, -0.05) is 12.1 Å². The molecule has 2 aromatic heterocycles. The second-order valence-electron chi connectivity index (χ2n) is 4.34. The lowest BCUT2D eigenvalue weighted by Gasteiger charge is -2.09. The summed E-state index contributed by atoms with van der Waals surface area (Å²) in [5.74, 6) is 0.535. The summed E-state index contributed by atoms with van der Waals surface area (Å²) in [5.41, 5.74) is 1.05. The number of benzene rings is 1. The van der Waals surface area contributed by atoms with Crippen LogP contribution in [0.15, 0.2) is 59.6 Å². The van der Waals surface area contributed by atoms with Crippen LogP contribution in [0.25, 0.3) is 22.6 Å². The number of alkyl halides is 3. The van der Waals surface area contributed by atoms with E-state index in [0.717, 1.165) is 12.1 Å². The molecule has 0 aliphatic carbocycles. The SMILES string of the molecule is FC(F)(F)c1ccc(-c2cncnc2-c2ccco2)cc1. The summed E-state index contributed by atoms with van der Waals surface area (Å²) in [4.78, 5) is 8.07. The molecule has 0 atom stereocenters. The van der Waals surface area contributed by atoms with E-state index >= 15 is 0 Å². The molecule has 0 saturated carbocycles. The van der Waals surface area contributed by atoms with Crippen molar-refractivity contribution in [3.05, 3.63) is 60.7 Å². The van der Waals surface area contributed by atoms with Crippen molar-refractivity contribution in [2.24, 2.45) is 0 Å². The zero-order chi connectivity index (χ0) is 14.9. The minimum atomic E-state index is -4.35. The van der Waals surface area contributed by atoms with Gasteiger partial charge >= 0.3 is 6.18 Å². The van der Waals surface area contributed by atoms with Gasteiger partial charge in [0.1, 0.15) is 12.0 Å². The van der Waals surface area contributed by atoms with Crippen LogP contribution in [0, 0.1) is 0 Å². The number of nitrogens with zero attached hydrogens (tertiary/aromatic N) is 2. The first-order valence-electron chi connectivity index (χ1n) is 6.07. The molecule has 0 unspecified atom stereocenters. The van der Waals surface area contributed by atoms with Crippen LogP contribution in [-0.4, -0.2) is 9.97 Å². The summed E-state index contributed by atoms with van der Waals surface area (Å²) in [6.07, 6.45) is 0.0718. The molecule has 0 saturated heterocycles. The molecule has 0 aliphatic heterocycles. The van der Waals surface area contributed by atoms with Gasteiger partial charge in [0, 0.05) is 11.8 Å². The molecule has 0 fully saturated rings. The van der Waals surface area contributed by atoms with E-state index in [-0.39, 0.29) is 0 Å². The first-order valence-corrected chi connectivity index (χ1v) is 6.07. The molecule has 21 heavy (non-hydrogen) atoms. The van der Waals surface area contributed by atoms with Crippen molar-refractivity contribution >= 4 is 0 Å². The average Bonchev–Trinajstić information content (AvgIpc) is 3.01. The fraction of sp³-hybridized carbons (Fsp3) is 0.0667. The molecule has 0 aliphatic rings. The predicted molar refractivity (Wildman–Crippen MR) is 70.2 cm³/mol. The molecule has 106 valence electrons. The molecular weight excluding hydrogens is 281 g/mol. The van der Waals surface area contributed by atoms with E-state index in [1.54, 1.807) is 18.3 Å². The second kappa shape index (κ2) is 5.05. The third-order valence-corrected chi connectivity index (χ3v) is 2.99. The van der Waals surface area contributed by atoms with Gasteiger partial charge in [0.05, 0.1) is 11.8 Å². The molecule has 0 amide bonds. The molecule has 3 rings (SSSR count). The summed E-state index contributed by atoms with van der Waals surface area (Å²) in [5, 5.41) is 0. The molecule has 0 spiro atoms. The molecule has 3 nitrogen and oxygen atoms in total. The van der Waals surface area contributed by atoms with Gasteiger partial charge in [-0.3, -0.25) is 0 Å². The maximum absolute atomic E-state index is 12.6. The fourth-order valence-electron chi connectivity index (χ4n) is 1.99. The maximum Gasteiger partial charge on any atom is 0.416 e. The van der Waals surface area contributed by atoms with Crippen molar-refractivity contribution in [2.45, 2.75) is 6.18 Å². The molecule has 1 aromatic carbocycles. The molecule has 0 radical (unpaired) electrons. The van der Waals surface area contributed by atoms with Crippen LogP contribution in [0.5, 0.6) is 0 Å². The number of hydrogen-bond acceptors (Lipinski definition) is 3. The highest BCUT2D eigenvalue weighted by molar-refractivity contribution is 5.77. The van der Waals surface area contributed by atoms with Gasteiger partial charge in [-0.25, -0.2) is 9.97 Å². The Balaban J connectivity index is 2.06. The number of rotatable bonds is 2. The summed E-state index contributed by atoms with van der Waals surface area (Å²) in [7, 11) is 0. The van der Waals surface area contributed by atoms with Gasteiger partial charge in [0.2, 0.25) is 0 Å². The first kappa shape index (κ1) is 13.4. The van der Waals surface area contributed by atoms with Gasteiger partial charge < -0.3 is 4.42 Å². The van der Waals surface area contributed by atoms with Gasteiger partial charge in [-0.05, 0) is 29.8 Å². The normalized spacial score (nSPS) is 11.6. The van der Waals surface area contributed by atoms with Gasteiger partial charge in [0.25, 0.3) is 0 Å². The van der Waals surface area contributed by atoms with E-state index in [4.69, 9.17) is 4.42 Å². The monoisotopic (exact) mass is 290 g/mol. The fourth-order valence-corrected chi connectivity index (χ4v) is 1.99. The van der Waals surface area contributed by atoms with E-state index in [0.29, 0.717) is 22.6 Å². The predicted octanol–water partition coefficient (Wildman–Crippen LogP) is 4.42. The van der Waals surface area contributed by atoms with E-state index in [2.05, 4.69) is 9.97 Å². The van der Waals surface area contributed by atoms with Crippen LogP contribution in [0.3, 0.4) is 0 Å². The van der Waals surface area contributed by atoms with Crippen LogP contribution in [0.4, 0.5) is 13.2 Å². The summed E-state index contributed by atoms with van der Waals surface area (Å²) in [6, 6.07) is 8.31. The molecule has 3 aromatic rings. The quantitative estimate of drug-likeness (QED) is 0.701. The van der Waals surface area contributed by atoms with E-state index in [1.165, 1.54) is 24.7 Å². The Kier molecular flexibility index (Phi) is 3.21. The summed E-state index contributed by atoms with van der Waals surface area (Å²) >= 11 is 0. The minimum Gasteiger partial charge on any atom is -0.463 e. The smallest absolute Gasteiger partial charge is 0.416 e. The largest absolute Gasteiger partial charge is 0.463 e. The Hall–Kier alpha value is -2.63. The number of hydrogen-bond donors (Lipinski definition) is 0. The van der Waals surface area contributed by atoms with Crippen molar-refractivity contribution in [1.82, 2.24) is 9.97 Å². The molecule has 0 N–H and O–H groups in total. The third-order valence-electron chi connectivity index (χ3n) is 2.99. The van der Waals surface area contributed by atoms with Gasteiger partial charge in [0.15, 0.2) is 5.76 Å².